The monoisotopic (exact) mass is 209 g/mol. The zero-order chi connectivity index (χ0) is 11.3. The van der Waals surface area contributed by atoms with E-state index in [4.69, 9.17) is 15.2 Å². The van der Waals surface area contributed by atoms with Crippen LogP contribution in [0.5, 0.6) is 11.5 Å². The third-order valence-corrected chi connectivity index (χ3v) is 2.26. The number of methoxy groups -OCH3 is 1. The molecule has 15 heavy (non-hydrogen) atoms. The molecule has 0 aromatic heterocycles. The van der Waals surface area contributed by atoms with Crippen molar-refractivity contribution in [1.82, 2.24) is 0 Å². The summed E-state index contributed by atoms with van der Waals surface area (Å²) in [7, 11) is 1.68. The molecule has 3 heteroatoms. The standard InChI is InChI=1S/C12H19NO2/c1-9-7-11(15-6-4-5-13)8-10(2)12(9)14-3/h7-8H,4-6,13H2,1-3H3. The van der Waals surface area contributed by atoms with Gasteiger partial charge < -0.3 is 15.2 Å². The highest BCUT2D eigenvalue weighted by molar-refractivity contribution is 5.45. The van der Waals surface area contributed by atoms with E-state index >= 15 is 0 Å². The second-order valence-corrected chi connectivity index (χ2v) is 3.58. The first-order chi connectivity index (χ1) is 7.19. The molecule has 0 aliphatic carbocycles. The smallest absolute Gasteiger partial charge is 0.124 e. The summed E-state index contributed by atoms with van der Waals surface area (Å²) in [4.78, 5) is 0. The lowest BCUT2D eigenvalue weighted by atomic mass is 10.1. The van der Waals surface area contributed by atoms with Crippen molar-refractivity contribution >= 4 is 0 Å². The van der Waals surface area contributed by atoms with Gasteiger partial charge in [-0.1, -0.05) is 0 Å². The maximum absolute atomic E-state index is 5.57. The highest BCUT2D eigenvalue weighted by atomic mass is 16.5. The summed E-state index contributed by atoms with van der Waals surface area (Å²) in [6.07, 6.45) is 0.879. The van der Waals surface area contributed by atoms with Crippen molar-refractivity contribution in [1.29, 1.82) is 0 Å². The fourth-order valence-electron chi connectivity index (χ4n) is 1.59. The molecule has 84 valence electrons. The maximum atomic E-state index is 5.57. The lowest BCUT2D eigenvalue weighted by Gasteiger charge is -2.12. The largest absolute Gasteiger partial charge is 0.496 e. The van der Waals surface area contributed by atoms with Crippen LogP contribution >= 0.6 is 0 Å². The molecule has 0 unspecified atom stereocenters. The SMILES string of the molecule is COc1c(C)cc(OCCCN)cc1C. The summed E-state index contributed by atoms with van der Waals surface area (Å²) >= 11 is 0. The molecule has 0 saturated heterocycles. The Balaban J connectivity index is 2.75. The van der Waals surface area contributed by atoms with Gasteiger partial charge in [-0.3, -0.25) is 0 Å². The van der Waals surface area contributed by atoms with Crippen molar-refractivity contribution < 1.29 is 9.47 Å². The molecule has 0 saturated carbocycles. The van der Waals surface area contributed by atoms with Gasteiger partial charge in [0.25, 0.3) is 0 Å². The first-order valence-electron chi connectivity index (χ1n) is 5.17. The molecule has 0 aliphatic rings. The minimum absolute atomic E-state index is 0.661. The van der Waals surface area contributed by atoms with Gasteiger partial charge in [0.1, 0.15) is 11.5 Å². The van der Waals surface area contributed by atoms with E-state index in [0.29, 0.717) is 13.2 Å². The minimum atomic E-state index is 0.661. The maximum Gasteiger partial charge on any atom is 0.124 e. The topological polar surface area (TPSA) is 44.5 Å². The summed E-state index contributed by atoms with van der Waals surface area (Å²) in [5.41, 5.74) is 7.59. The van der Waals surface area contributed by atoms with E-state index < -0.39 is 0 Å². The predicted octanol–water partition coefficient (Wildman–Crippen LogP) is 2.04. The van der Waals surface area contributed by atoms with Crippen molar-refractivity contribution in [3.05, 3.63) is 23.3 Å². The Morgan fingerprint density at radius 1 is 1.20 bits per heavy atom. The number of benzene rings is 1. The van der Waals surface area contributed by atoms with Gasteiger partial charge >= 0.3 is 0 Å². The Bertz CT molecular complexity index is 300. The molecule has 1 rings (SSSR count). The normalized spacial score (nSPS) is 10.1. The summed E-state index contributed by atoms with van der Waals surface area (Å²) < 4.78 is 10.9. The summed E-state index contributed by atoms with van der Waals surface area (Å²) in [5, 5.41) is 0. The molecule has 0 heterocycles. The molecule has 0 bridgehead atoms. The van der Waals surface area contributed by atoms with Crippen LogP contribution in [0.2, 0.25) is 0 Å². The summed E-state index contributed by atoms with van der Waals surface area (Å²) in [5.74, 6) is 1.82. The van der Waals surface area contributed by atoms with E-state index in [1.54, 1.807) is 7.11 Å². The average Bonchev–Trinajstić information content (AvgIpc) is 2.18. The average molecular weight is 209 g/mol. The van der Waals surface area contributed by atoms with Crippen LogP contribution in [-0.2, 0) is 0 Å². The molecule has 0 radical (unpaired) electrons. The Morgan fingerprint density at radius 2 is 1.80 bits per heavy atom. The predicted molar refractivity (Wildman–Crippen MR) is 61.6 cm³/mol. The number of rotatable bonds is 5. The highest BCUT2D eigenvalue weighted by Crippen LogP contribution is 2.27. The highest BCUT2D eigenvalue weighted by Gasteiger charge is 2.05. The van der Waals surface area contributed by atoms with E-state index in [1.165, 1.54) is 0 Å². The Morgan fingerprint density at radius 3 is 2.27 bits per heavy atom. The van der Waals surface area contributed by atoms with Crippen molar-refractivity contribution in [2.75, 3.05) is 20.3 Å². The first-order valence-corrected chi connectivity index (χ1v) is 5.17. The molecule has 0 fully saturated rings. The zero-order valence-corrected chi connectivity index (χ0v) is 9.67. The lowest BCUT2D eigenvalue weighted by molar-refractivity contribution is 0.312. The van der Waals surface area contributed by atoms with Crippen LogP contribution < -0.4 is 15.2 Å². The summed E-state index contributed by atoms with van der Waals surface area (Å²) in [6, 6.07) is 3.98. The third-order valence-electron chi connectivity index (χ3n) is 2.26. The van der Waals surface area contributed by atoms with Gasteiger partial charge in [0.15, 0.2) is 0 Å². The van der Waals surface area contributed by atoms with Gasteiger partial charge in [-0.25, -0.2) is 0 Å². The van der Waals surface area contributed by atoms with Crippen LogP contribution in [0.3, 0.4) is 0 Å². The van der Waals surface area contributed by atoms with Crippen molar-refractivity contribution in [3.8, 4) is 11.5 Å². The van der Waals surface area contributed by atoms with Crippen LogP contribution in [0.25, 0.3) is 0 Å². The van der Waals surface area contributed by atoms with E-state index in [0.717, 1.165) is 29.0 Å². The van der Waals surface area contributed by atoms with Gasteiger partial charge in [0, 0.05) is 0 Å². The second kappa shape index (κ2) is 5.61. The minimum Gasteiger partial charge on any atom is -0.496 e. The Labute approximate surface area is 91.2 Å². The molecule has 3 nitrogen and oxygen atoms in total. The van der Waals surface area contributed by atoms with E-state index in [-0.39, 0.29) is 0 Å². The second-order valence-electron chi connectivity index (χ2n) is 3.58. The number of hydrogen-bond donors (Lipinski definition) is 1. The fraction of sp³-hybridized carbons (Fsp3) is 0.500. The molecule has 1 aromatic carbocycles. The van der Waals surface area contributed by atoms with Gasteiger partial charge in [-0.15, -0.1) is 0 Å². The summed E-state index contributed by atoms with van der Waals surface area (Å²) in [6.45, 7) is 5.36. The molecule has 0 aliphatic heterocycles. The van der Waals surface area contributed by atoms with Crippen LogP contribution in [-0.4, -0.2) is 20.3 Å². The molecule has 0 amide bonds. The van der Waals surface area contributed by atoms with Crippen LogP contribution in [0.1, 0.15) is 17.5 Å². The molecule has 0 spiro atoms. The number of ether oxygens (including phenoxy) is 2. The van der Waals surface area contributed by atoms with Crippen molar-refractivity contribution in [2.45, 2.75) is 20.3 Å². The molecule has 2 N–H and O–H groups in total. The lowest BCUT2D eigenvalue weighted by Crippen LogP contribution is -2.06. The fourth-order valence-corrected chi connectivity index (χ4v) is 1.59. The van der Waals surface area contributed by atoms with Crippen LogP contribution in [0.15, 0.2) is 12.1 Å². The quantitative estimate of drug-likeness (QED) is 0.755. The van der Waals surface area contributed by atoms with Gasteiger partial charge in [-0.2, -0.15) is 0 Å². The Kier molecular flexibility index (Phi) is 4.43. The van der Waals surface area contributed by atoms with Gasteiger partial charge in [0.2, 0.25) is 0 Å². The van der Waals surface area contributed by atoms with Crippen LogP contribution in [0.4, 0.5) is 0 Å². The third kappa shape index (κ3) is 3.13. The molecule has 0 atom stereocenters. The van der Waals surface area contributed by atoms with Gasteiger partial charge in [-0.05, 0) is 50.1 Å². The van der Waals surface area contributed by atoms with Gasteiger partial charge in [0.05, 0.1) is 13.7 Å². The van der Waals surface area contributed by atoms with Crippen molar-refractivity contribution in [3.63, 3.8) is 0 Å². The molecular weight excluding hydrogens is 190 g/mol. The van der Waals surface area contributed by atoms with Crippen LogP contribution in [0, 0.1) is 13.8 Å². The van der Waals surface area contributed by atoms with E-state index in [2.05, 4.69) is 0 Å². The van der Waals surface area contributed by atoms with Crippen molar-refractivity contribution in [2.24, 2.45) is 5.73 Å². The number of aryl methyl sites for hydroxylation is 2. The van der Waals surface area contributed by atoms with E-state index in [1.807, 2.05) is 26.0 Å². The molecular formula is C12H19NO2. The first kappa shape index (κ1) is 11.9. The Hall–Kier alpha value is -1.22. The number of nitrogens with two attached hydrogens (primary N) is 1. The van der Waals surface area contributed by atoms with E-state index in [9.17, 15) is 0 Å². The molecule has 1 aromatic rings. The zero-order valence-electron chi connectivity index (χ0n) is 9.67. The number of hydrogen-bond acceptors (Lipinski definition) is 3.